The van der Waals surface area contributed by atoms with Gasteiger partial charge in [0.25, 0.3) is 5.91 Å². The van der Waals surface area contributed by atoms with Gasteiger partial charge >= 0.3 is 0 Å². The Bertz CT molecular complexity index is 1090. The molecule has 0 aliphatic rings. The molecule has 10 heteroatoms. The number of ether oxygens (including phenoxy) is 1. The van der Waals surface area contributed by atoms with Gasteiger partial charge in [0, 0.05) is 22.8 Å². The number of hydrogen-bond acceptors (Lipinski definition) is 6. The summed E-state index contributed by atoms with van der Waals surface area (Å²) in [5.41, 5.74) is 1.16. The number of aromatic nitrogens is 3. The van der Waals surface area contributed by atoms with E-state index in [4.69, 9.17) is 16.3 Å². The van der Waals surface area contributed by atoms with E-state index in [2.05, 4.69) is 20.8 Å². The fraction of sp³-hybridized carbons (Fsp3) is 0.273. The van der Waals surface area contributed by atoms with Gasteiger partial charge in [-0.05, 0) is 56.3 Å². The second kappa shape index (κ2) is 11.0. The van der Waals surface area contributed by atoms with E-state index in [0.29, 0.717) is 39.5 Å². The second-order valence-electron chi connectivity index (χ2n) is 6.86. The summed E-state index contributed by atoms with van der Waals surface area (Å²) < 4.78 is 7.01. The molecule has 2 aromatic carbocycles. The number of carbonyl (C=O) groups excluding carboxylic acids is 2. The predicted octanol–water partition coefficient (Wildman–Crippen LogP) is 4.18. The van der Waals surface area contributed by atoms with Gasteiger partial charge in [0.1, 0.15) is 5.75 Å². The van der Waals surface area contributed by atoms with Gasteiger partial charge in [0.05, 0.1) is 18.9 Å². The monoisotopic (exact) mass is 473 g/mol. The lowest BCUT2D eigenvalue weighted by Crippen LogP contribution is -2.28. The van der Waals surface area contributed by atoms with Crippen LogP contribution in [0.4, 0.5) is 5.69 Å². The first-order valence-electron chi connectivity index (χ1n) is 9.97. The van der Waals surface area contributed by atoms with Crippen molar-refractivity contribution in [3.63, 3.8) is 0 Å². The second-order valence-corrected chi connectivity index (χ2v) is 8.23. The quantitative estimate of drug-likeness (QED) is 0.452. The lowest BCUT2D eigenvalue weighted by molar-refractivity contribution is -0.113. The fourth-order valence-corrected chi connectivity index (χ4v) is 4.00. The minimum Gasteiger partial charge on any atom is -0.497 e. The molecule has 1 atom stereocenters. The fourth-order valence-electron chi connectivity index (χ4n) is 3.00. The van der Waals surface area contributed by atoms with Gasteiger partial charge in [-0.15, -0.1) is 10.2 Å². The maximum atomic E-state index is 12.6. The van der Waals surface area contributed by atoms with E-state index in [9.17, 15) is 9.59 Å². The molecule has 32 heavy (non-hydrogen) atoms. The van der Waals surface area contributed by atoms with Crippen molar-refractivity contribution in [1.82, 2.24) is 20.1 Å². The molecule has 1 heterocycles. The SMILES string of the molecule is CCn1c(SCC(=O)Nc2cccc(Cl)c2)nnc1[C@H](C)NC(=O)c1ccc(OC)cc1. The normalized spacial score (nSPS) is 11.6. The van der Waals surface area contributed by atoms with Gasteiger partial charge in [0.2, 0.25) is 5.91 Å². The highest BCUT2D eigenvalue weighted by molar-refractivity contribution is 7.99. The lowest BCUT2D eigenvalue weighted by atomic mass is 10.2. The van der Waals surface area contributed by atoms with Crippen molar-refractivity contribution in [2.24, 2.45) is 0 Å². The van der Waals surface area contributed by atoms with Crippen LogP contribution in [-0.4, -0.2) is 39.4 Å². The minimum atomic E-state index is -0.369. The van der Waals surface area contributed by atoms with Crippen LogP contribution in [-0.2, 0) is 11.3 Å². The highest BCUT2D eigenvalue weighted by Crippen LogP contribution is 2.22. The Morgan fingerprint density at radius 3 is 2.59 bits per heavy atom. The maximum Gasteiger partial charge on any atom is 0.251 e. The summed E-state index contributed by atoms with van der Waals surface area (Å²) in [4.78, 5) is 24.9. The Labute approximate surface area is 195 Å². The van der Waals surface area contributed by atoms with E-state index >= 15 is 0 Å². The largest absolute Gasteiger partial charge is 0.497 e. The molecule has 0 radical (unpaired) electrons. The van der Waals surface area contributed by atoms with Gasteiger partial charge in [-0.25, -0.2) is 0 Å². The van der Waals surface area contributed by atoms with Crippen LogP contribution in [0, 0.1) is 0 Å². The predicted molar refractivity (Wildman–Crippen MR) is 125 cm³/mol. The Kier molecular flexibility index (Phi) is 8.13. The number of hydrogen-bond donors (Lipinski definition) is 2. The number of amides is 2. The zero-order valence-electron chi connectivity index (χ0n) is 18.0. The summed E-state index contributed by atoms with van der Waals surface area (Å²) >= 11 is 7.23. The van der Waals surface area contributed by atoms with Gasteiger partial charge in [-0.2, -0.15) is 0 Å². The number of halogens is 1. The van der Waals surface area contributed by atoms with Crippen molar-refractivity contribution in [3.8, 4) is 5.75 Å². The maximum absolute atomic E-state index is 12.6. The summed E-state index contributed by atoms with van der Waals surface area (Å²) in [5.74, 6) is 1.07. The van der Waals surface area contributed by atoms with Gasteiger partial charge in [-0.3, -0.25) is 9.59 Å². The highest BCUT2D eigenvalue weighted by Gasteiger charge is 2.20. The first kappa shape index (κ1) is 23.6. The van der Waals surface area contributed by atoms with Gasteiger partial charge < -0.3 is 19.9 Å². The molecule has 1 aromatic heterocycles. The van der Waals surface area contributed by atoms with Crippen LogP contribution in [0.5, 0.6) is 5.75 Å². The molecule has 3 aromatic rings. The summed E-state index contributed by atoms with van der Waals surface area (Å²) in [6, 6.07) is 13.5. The molecule has 0 saturated carbocycles. The van der Waals surface area contributed by atoms with E-state index in [1.807, 2.05) is 18.4 Å². The standard InChI is InChI=1S/C22H24ClN5O3S/c1-4-28-20(14(2)24-21(30)15-8-10-18(31-3)11-9-15)26-27-22(28)32-13-19(29)25-17-7-5-6-16(23)12-17/h5-12,14H,4,13H2,1-3H3,(H,24,30)(H,25,29)/t14-/m0/s1. The van der Waals surface area contributed by atoms with Crippen molar-refractivity contribution in [1.29, 1.82) is 0 Å². The van der Waals surface area contributed by atoms with Crippen LogP contribution >= 0.6 is 23.4 Å². The average Bonchev–Trinajstić information content (AvgIpc) is 3.21. The molecular weight excluding hydrogens is 450 g/mol. The van der Waals surface area contributed by atoms with Crippen LogP contribution in [0.15, 0.2) is 53.7 Å². The van der Waals surface area contributed by atoms with Crippen molar-refractivity contribution in [2.75, 3.05) is 18.2 Å². The van der Waals surface area contributed by atoms with Crippen LogP contribution in [0.2, 0.25) is 5.02 Å². The first-order chi connectivity index (χ1) is 15.4. The molecule has 0 fully saturated rings. The number of anilines is 1. The van der Waals surface area contributed by atoms with Crippen molar-refractivity contribution in [2.45, 2.75) is 31.6 Å². The molecule has 3 rings (SSSR count). The molecule has 0 unspecified atom stereocenters. The van der Waals surface area contributed by atoms with E-state index in [1.165, 1.54) is 11.8 Å². The summed E-state index contributed by atoms with van der Waals surface area (Å²) in [7, 11) is 1.57. The van der Waals surface area contributed by atoms with Crippen LogP contribution in [0.25, 0.3) is 0 Å². The van der Waals surface area contributed by atoms with Crippen molar-refractivity contribution < 1.29 is 14.3 Å². The molecule has 0 spiro atoms. The topological polar surface area (TPSA) is 98.1 Å². The van der Waals surface area contributed by atoms with Crippen LogP contribution in [0.3, 0.4) is 0 Å². The molecule has 2 amide bonds. The van der Waals surface area contributed by atoms with Crippen molar-refractivity contribution in [3.05, 3.63) is 64.9 Å². The van der Waals surface area contributed by atoms with Crippen molar-refractivity contribution >= 4 is 40.9 Å². The zero-order chi connectivity index (χ0) is 23.1. The van der Waals surface area contributed by atoms with E-state index in [1.54, 1.807) is 55.6 Å². The third-order valence-electron chi connectivity index (χ3n) is 4.59. The number of rotatable bonds is 9. The van der Waals surface area contributed by atoms with E-state index < -0.39 is 0 Å². The smallest absolute Gasteiger partial charge is 0.251 e. The van der Waals surface area contributed by atoms with Crippen LogP contribution < -0.4 is 15.4 Å². The highest BCUT2D eigenvalue weighted by atomic mass is 35.5. The van der Waals surface area contributed by atoms with E-state index in [0.717, 1.165) is 0 Å². The third kappa shape index (κ3) is 6.02. The average molecular weight is 474 g/mol. The zero-order valence-corrected chi connectivity index (χ0v) is 19.5. The first-order valence-corrected chi connectivity index (χ1v) is 11.3. The summed E-state index contributed by atoms with van der Waals surface area (Å²) in [5, 5.41) is 15.4. The molecule has 0 aliphatic heterocycles. The Hall–Kier alpha value is -3.04. The number of methoxy groups -OCH3 is 1. The Morgan fingerprint density at radius 2 is 1.94 bits per heavy atom. The van der Waals surface area contributed by atoms with E-state index in [-0.39, 0.29) is 23.6 Å². The number of nitrogens with zero attached hydrogens (tertiary/aromatic N) is 3. The molecular formula is C22H24ClN5O3S. The molecule has 2 N–H and O–H groups in total. The Morgan fingerprint density at radius 1 is 1.19 bits per heavy atom. The molecule has 0 saturated heterocycles. The Balaban J connectivity index is 1.61. The number of nitrogens with one attached hydrogen (secondary N) is 2. The van der Waals surface area contributed by atoms with Crippen LogP contribution in [0.1, 0.15) is 36.1 Å². The number of benzene rings is 2. The number of carbonyl (C=O) groups is 2. The van der Waals surface area contributed by atoms with Gasteiger partial charge in [0.15, 0.2) is 11.0 Å². The van der Waals surface area contributed by atoms with Gasteiger partial charge in [-0.1, -0.05) is 29.4 Å². The summed E-state index contributed by atoms with van der Waals surface area (Å²) in [6.07, 6.45) is 0. The molecule has 8 nitrogen and oxygen atoms in total. The number of thioether (sulfide) groups is 1. The molecule has 168 valence electrons. The molecule has 0 aliphatic carbocycles. The third-order valence-corrected chi connectivity index (χ3v) is 5.79. The minimum absolute atomic E-state index is 0.164. The summed E-state index contributed by atoms with van der Waals surface area (Å²) in [6.45, 7) is 4.40. The lowest BCUT2D eigenvalue weighted by Gasteiger charge is -2.15. The molecule has 0 bridgehead atoms.